The number of anilines is 1. The van der Waals surface area contributed by atoms with Crippen molar-refractivity contribution in [1.29, 1.82) is 0 Å². The van der Waals surface area contributed by atoms with Crippen LogP contribution in [0, 0.1) is 6.92 Å². The Morgan fingerprint density at radius 3 is 2.12 bits per heavy atom. The molecule has 0 heterocycles. The Hall–Kier alpha value is -2.58. The maximum absolute atomic E-state index is 3.52. The van der Waals surface area contributed by atoms with Gasteiger partial charge in [0.1, 0.15) is 0 Å². The summed E-state index contributed by atoms with van der Waals surface area (Å²) in [6.45, 7) is 4.92. The Morgan fingerprint density at radius 2 is 1.42 bits per heavy atom. The van der Waals surface area contributed by atoms with Crippen LogP contribution in [0.2, 0.25) is 0 Å². The predicted octanol–water partition coefficient (Wildman–Crippen LogP) is 4.86. The standard InChI is InChI=1S/C22H24N2/c1-18-16-21(20-10-6-3-7-11-20)12-13-22(18)24-15-14-23-17-19-8-4-2-5-9-19/h2-13,16,23-24H,14-15,17H2,1H3. The molecule has 0 atom stereocenters. The topological polar surface area (TPSA) is 24.1 Å². The second-order valence-electron chi connectivity index (χ2n) is 5.98. The van der Waals surface area contributed by atoms with E-state index in [2.05, 4.69) is 90.4 Å². The fraction of sp³-hybridized carbons (Fsp3) is 0.182. The summed E-state index contributed by atoms with van der Waals surface area (Å²) < 4.78 is 0. The SMILES string of the molecule is Cc1cc(-c2ccccc2)ccc1NCCNCc1ccccc1. The zero-order valence-corrected chi connectivity index (χ0v) is 14.1. The van der Waals surface area contributed by atoms with Crippen LogP contribution in [0.4, 0.5) is 5.69 Å². The van der Waals surface area contributed by atoms with E-state index >= 15 is 0 Å². The third kappa shape index (κ3) is 4.46. The van der Waals surface area contributed by atoms with E-state index in [1.165, 1.54) is 27.9 Å². The summed E-state index contributed by atoms with van der Waals surface area (Å²) in [4.78, 5) is 0. The van der Waals surface area contributed by atoms with Crippen LogP contribution in [0.1, 0.15) is 11.1 Å². The third-order valence-electron chi connectivity index (χ3n) is 4.12. The summed E-state index contributed by atoms with van der Waals surface area (Å²) in [6.07, 6.45) is 0. The Morgan fingerprint density at radius 1 is 0.708 bits per heavy atom. The summed E-state index contributed by atoms with van der Waals surface area (Å²) in [5.41, 5.74) is 6.33. The number of nitrogens with one attached hydrogen (secondary N) is 2. The largest absolute Gasteiger partial charge is 0.384 e. The molecule has 0 radical (unpaired) electrons. The molecule has 0 saturated carbocycles. The van der Waals surface area contributed by atoms with Gasteiger partial charge in [0.2, 0.25) is 0 Å². The predicted molar refractivity (Wildman–Crippen MR) is 103 cm³/mol. The zero-order chi connectivity index (χ0) is 16.6. The molecule has 0 unspecified atom stereocenters. The van der Waals surface area contributed by atoms with Crippen LogP contribution in [-0.2, 0) is 6.54 Å². The van der Waals surface area contributed by atoms with Gasteiger partial charge in [-0.1, -0.05) is 66.7 Å². The average molecular weight is 316 g/mol. The summed E-state index contributed by atoms with van der Waals surface area (Å²) in [6, 6.07) is 27.6. The second kappa shape index (κ2) is 8.32. The summed E-state index contributed by atoms with van der Waals surface area (Å²) >= 11 is 0. The van der Waals surface area contributed by atoms with E-state index in [0.29, 0.717) is 0 Å². The molecule has 3 rings (SSSR count). The van der Waals surface area contributed by atoms with Crippen LogP contribution in [0.5, 0.6) is 0 Å². The molecule has 0 aliphatic heterocycles. The lowest BCUT2D eigenvalue weighted by atomic mass is 10.0. The molecule has 0 saturated heterocycles. The van der Waals surface area contributed by atoms with Gasteiger partial charge in [0, 0.05) is 25.3 Å². The van der Waals surface area contributed by atoms with Gasteiger partial charge >= 0.3 is 0 Å². The minimum absolute atomic E-state index is 0.911. The highest BCUT2D eigenvalue weighted by molar-refractivity contribution is 5.68. The van der Waals surface area contributed by atoms with Crippen LogP contribution >= 0.6 is 0 Å². The highest BCUT2D eigenvalue weighted by Crippen LogP contribution is 2.24. The molecule has 2 heteroatoms. The fourth-order valence-corrected chi connectivity index (χ4v) is 2.79. The zero-order valence-electron chi connectivity index (χ0n) is 14.1. The molecule has 2 nitrogen and oxygen atoms in total. The molecule has 2 N–H and O–H groups in total. The lowest BCUT2D eigenvalue weighted by Gasteiger charge is -2.12. The van der Waals surface area contributed by atoms with E-state index in [0.717, 1.165) is 19.6 Å². The van der Waals surface area contributed by atoms with Gasteiger partial charge in [0.15, 0.2) is 0 Å². The molecule has 3 aromatic carbocycles. The lowest BCUT2D eigenvalue weighted by molar-refractivity contribution is 0.707. The quantitative estimate of drug-likeness (QED) is 0.608. The lowest BCUT2D eigenvalue weighted by Crippen LogP contribution is -2.21. The van der Waals surface area contributed by atoms with Crippen LogP contribution in [0.3, 0.4) is 0 Å². The fourth-order valence-electron chi connectivity index (χ4n) is 2.79. The number of rotatable bonds is 7. The first-order chi connectivity index (χ1) is 11.8. The van der Waals surface area contributed by atoms with E-state index < -0.39 is 0 Å². The highest BCUT2D eigenvalue weighted by atomic mass is 14.9. The first-order valence-corrected chi connectivity index (χ1v) is 8.47. The first-order valence-electron chi connectivity index (χ1n) is 8.47. The second-order valence-corrected chi connectivity index (χ2v) is 5.98. The Labute approximate surface area is 144 Å². The molecule has 122 valence electrons. The van der Waals surface area contributed by atoms with Crippen LogP contribution in [-0.4, -0.2) is 13.1 Å². The Bertz CT molecular complexity index is 751. The average Bonchev–Trinajstić information content (AvgIpc) is 2.64. The van der Waals surface area contributed by atoms with Crippen molar-refractivity contribution in [3.63, 3.8) is 0 Å². The van der Waals surface area contributed by atoms with Crippen molar-refractivity contribution in [1.82, 2.24) is 5.32 Å². The Balaban J connectivity index is 1.49. The number of hydrogen-bond donors (Lipinski definition) is 2. The molecule has 24 heavy (non-hydrogen) atoms. The van der Waals surface area contributed by atoms with E-state index in [1.807, 2.05) is 6.07 Å². The van der Waals surface area contributed by atoms with Crippen LogP contribution in [0.15, 0.2) is 78.9 Å². The van der Waals surface area contributed by atoms with Crippen LogP contribution in [0.25, 0.3) is 11.1 Å². The first kappa shape index (κ1) is 16.3. The van der Waals surface area contributed by atoms with Gasteiger partial charge in [-0.15, -0.1) is 0 Å². The molecule has 0 aliphatic carbocycles. The number of benzene rings is 3. The van der Waals surface area contributed by atoms with Crippen molar-refractivity contribution in [3.8, 4) is 11.1 Å². The van der Waals surface area contributed by atoms with Crippen molar-refractivity contribution in [2.24, 2.45) is 0 Å². The summed E-state index contributed by atoms with van der Waals surface area (Å²) in [7, 11) is 0. The monoisotopic (exact) mass is 316 g/mol. The van der Waals surface area contributed by atoms with E-state index in [1.54, 1.807) is 0 Å². The van der Waals surface area contributed by atoms with Crippen molar-refractivity contribution in [2.45, 2.75) is 13.5 Å². The molecule has 3 aromatic rings. The molecule has 0 amide bonds. The number of aryl methyl sites for hydroxylation is 1. The minimum Gasteiger partial charge on any atom is -0.384 e. The van der Waals surface area contributed by atoms with Crippen LogP contribution < -0.4 is 10.6 Å². The molecule has 0 bridgehead atoms. The molecule has 0 aliphatic rings. The molecule has 0 spiro atoms. The van der Waals surface area contributed by atoms with Crippen molar-refractivity contribution >= 4 is 5.69 Å². The molecular formula is C22H24N2. The highest BCUT2D eigenvalue weighted by Gasteiger charge is 2.01. The van der Waals surface area contributed by atoms with Crippen molar-refractivity contribution in [2.75, 3.05) is 18.4 Å². The van der Waals surface area contributed by atoms with Gasteiger partial charge in [-0.2, -0.15) is 0 Å². The Kier molecular flexibility index (Phi) is 5.65. The van der Waals surface area contributed by atoms with Gasteiger partial charge < -0.3 is 10.6 Å². The van der Waals surface area contributed by atoms with Gasteiger partial charge in [0.25, 0.3) is 0 Å². The number of hydrogen-bond acceptors (Lipinski definition) is 2. The maximum Gasteiger partial charge on any atom is 0.0370 e. The smallest absolute Gasteiger partial charge is 0.0370 e. The molecular weight excluding hydrogens is 292 g/mol. The van der Waals surface area contributed by atoms with Gasteiger partial charge in [0.05, 0.1) is 0 Å². The minimum atomic E-state index is 0.911. The maximum atomic E-state index is 3.52. The van der Waals surface area contributed by atoms with Gasteiger partial charge in [-0.05, 0) is 41.3 Å². The summed E-state index contributed by atoms with van der Waals surface area (Å²) in [5, 5.41) is 6.98. The molecule has 0 aromatic heterocycles. The van der Waals surface area contributed by atoms with Crippen molar-refractivity contribution < 1.29 is 0 Å². The van der Waals surface area contributed by atoms with Crippen molar-refractivity contribution in [3.05, 3.63) is 90.0 Å². The molecule has 0 fully saturated rings. The van der Waals surface area contributed by atoms with E-state index in [9.17, 15) is 0 Å². The van der Waals surface area contributed by atoms with Gasteiger partial charge in [-0.3, -0.25) is 0 Å². The summed E-state index contributed by atoms with van der Waals surface area (Å²) in [5.74, 6) is 0. The third-order valence-corrected chi connectivity index (χ3v) is 4.12. The van der Waals surface area contributed by atoms with E-state index in [4.69, 9.17) is 0 Å². The van der Waals surface area contributed by atoms with Gasteiger partial charge in [-0.25, -0.2) is 0 Å². The normalized spacial score (nSPS) is 10.5. The van der Waals surface area contributed by atoms with E-state index in [-0.39, 0.29) is 0 Å².